The van der Waals surface area contributed by atoms with E-state index < -0.39 is 6.03 Å². The number of aryl methyl sites for hydroxylation is 2. The number of anilines is 1. The van der Waals surface area contributed by atoms with E-state index in [2.05, 4.69) is 15.8 Å². The predicted molar refractivity (Wildman–Crippen MR) is 124 cm³/mol. The van der Waals surface area contributed by atoms with Crippen LogP contribution >= 0.6 is 0 Å². The molecule has 2 amide bonds. The Morgan fingerprint density at radius 3 is 2.32 bits per heavy atom. The van der Waals surface area contributed by atoms with Gasteiger partial charge < -0.3 is 14.8 Å². The molecule has 0 radical (unpaired) electrons. The summed E-state index contributed by atoms with van der Waals surface area (Å²) in [5, 5.41) is 6.71. The molecule has 6 heteroatoms. The van der Waals surface area contributed by atoms with Crippen LogP contribution in [0.1, 0.15) is 23.1 Å². The fraction of sp³-hybridized carbons (Fsp3) is 0.200. The number of hydrogen-bond acceptors (Lipinski definition) is 4. The van der Waals surface area contributed by atoms with Crippen molar-refractivity contribution in [3.05, 3.63) is 89.5 Å². The first-order chi connectivity index (χ1) is 15.1. The summed E-state index contributed by atoms with van der Waals surface area (Å²) in [5.41, 5.74) is 6.19. The molecule has 31 heavy (non-hydrogen) atoms. The molecule has 0 bridgehead atoms. The summed E-state index contributed by atoms with van der Waals surface area (Å²) in [4.78, 5) is 11.9. The average Bonchev–Trinajstić information content (AvgIpc) is 2.77. The van der Waals surface area contributed by atoms with E-state index in [4.69, 9.17) is 9.47 Å². The standard InChI is InChI=1S/C25H27N3O3/c1-19-10-8-11-20(2)24(19)31-17-9-16-30-23-15-7-6-12-21(23)18-26-28-25(29)27-22-13-4-3-5-14-22/h3-8,10-15,18H,9,16-17H2,1-2H3,(H2,27,28,29)/b26-18-. The summed E-state index contributed by atoms with van der Waals surface area (Å²) in [6, 6.07) is 22.4. The van der Waals surface area contributed by atoms with Gasteiger partial charge in [-0.15, -0.1) is 0 Å². The molecule has 3 rings (SSSR count). The van der Waals surface area contributed by atoms with E-state index in [1.807, 2.05) is 74.5 Å². The molecule has 0 aliphatic carbocycles. The molecule has 0 unspecified atom stereocenters. The van der Waals surface area contributed by atoms with E-state index >= 15 is 0 Å². The molecule has 2 N–H and O–H groups in total. The van der Waals surface area contributed by atoms with Gasteiger partial charge in [0.1, 0.15) is 11.5 Å². The van der Waals surface area contributed by atoms with E-state index in [1.54, 1.807) is 18.3 Å². The van der Waals surface area contributed by atoms with Crippen LogP contribution in [0.3, 0.4) is 0 Å². The van der Waals surface area contributed by atoms with E-state index in [0.717, 1.165) is 28.9 Å². The molecule has 3 aromatic carbocycles. The predicted octanol–water partition coefficient (Wildman–Crippen LogP) is 5.31. The topological polar surface area (TPSA) is 72.0 Å². The Kier molecular flexibility index (Phi) is 8.05. The first kappa shape index (κ1) is 21.9. The Morgan fingerprint density at radius 2 is 1.55 bits per heavy atom. The van der Waals surface area contributed by atoms with Crippen LogP contribution in [0.4, 0.5) is 10.5 Å². The highest BCUT2D eigenvalue weighted by Crippen LogP contribution is 2.22. The number of ether oxygens (including phenoxy) is 2. The number of hydrazone groups is 1. The quantitative estimate of drug-likeness (QED) is 0.282. The molecule has 6 nitrogen and oxygen atoms in total. The zero-order valence-electron chi connectivity index (χ0n) is 17.8. The molecule has 0 heterocycles. The van der Waals surface area contributed by atoms with Crippen LogP contribution in [0, 0.1) is 13.8 Å². The lowest BCUT2D eigenvalue weighted by Crippen LogP contribution is -2.24. The third-order valence-corrected chi connectivity index (χ3v) is 4.52. The maximum Gasteiger partial charge on any atom is 0.339 e. The summed E-state index contributed by atoms with van der Waals surface area (Å²) in [5.74, 6) is 1.64. The molecule has 0 saturated heterocycles. The highest BCUT2D eigenvalue weighted by atomic mass is 16.5. The van der Waals surface area contributed by atoms with Crippen LogP contribution in [0.25, 0.3) is 0 Å². The van der Waals surface area contributed by atoms with Crippen molar-refractivity contribution in [2.75, 3.05) is 18.5 Å². The fourth-order valence-electron chi connectivity index (χ4n) is 3.00. The van der Waals surface area contributed by atoms with Crippen molar-refractivity contribution in [2.24, 2.45) is 5.10 Å². The lowest BCUT2D eigenvalue weighted by Gasteiger charge is -2.13. The van der Waals surface area contributed by atoms with E-state index in [9.17, 15) is 4.79 Å². The molecular formula is C25H27N3O3. The fourth-order valence-corrected chi connectivity index (χ4v) is 3.00. The minimum atomic E-state index is -0.413. The highest BCUT2D eigenvalue weighted by molar-refractivity contribution is 5.90. The molecule has 0 aliphatic rings. The van der Waals surface area contributed by atoms with Gasteiger partial charge in [-0.2, -0.15) is 5.10 Å². The van der Waals surface area contributed by atoms with E-state index in [0.29, 0.717) is 24.7 Å². The minimum absolute atomic E-state index is 0.413. The van der Waals surface area contributed by atoms with Gasteiger partial charge in [-0.1, -0.05) is 48.5 Å². The summed E-state index contributed by atoms with van der Waals surface area (Å²) in [7, 11) is 0. The van der Waals surface area contributed by atoms with Gasteiger partial charge in [-0.3, -0.25) is 0 Å². The SMILES string of the molecule is Cc1cccc(C)c1OCCCOc1ccccc1/C=N\NC(=O)Nc1ccccc1. The summed E-state index contributed by atoms with van der Waals surface area (Å²) < 4.78 is 11.8. The largest absolute Gasteiger partial charge is 0.493 e. The van der Waals surface area contributed by atoms with Crippen LogP contribution in [0.15, 0.2) is 77.9 Å². The minimum Gasteiger partial charge on any atom is -0.493 e. The van der Waals surface area contributed by atoms with E-state index in [1.165, 1.54) is 0 Å². The average molecular weight is 418 g/mol. The number of rotatable bonds is 9. The van der Waals surface area contributed by atoms with Crippen molar-refractivity contribution in [2.45, 2.75) is 20.3 Å². The zero-order chi connectivity index (χ0) is 21.9. The van der Waals surface area contributed by atoms with Crippen molar-refractivity contribution in [1.29, 1.82) is 0 Å². The number of urea groups is 1. The van der Waals surface area contributed by atoms with Crippen LogP contribution in [-0.4, -0.2) is 25.5 Å². The Hall–Kier alpha value is -3.80. The van der Waals surface area contributed by atoms with Crippen molar-refractivity contribution >= 4 is 17.9 Å². The third kappa shape index (κ3) is 6.89. The number of amides is 2. The number of benzene rings is 3. The second kappa shape index (κ2) is 11.4. The van der Waals surface area contributed by atoms with Crippen molar-refractivity contribution in [3.63, 3.8) is 0 Å². The van der Waals surface area contributed by atoms with Crippen LogP contribution in [0.5, 0.6) is 11.5 Å². The normalized spacial score (nSPS) is 10.6. The molecule has 0 fully saturated rings. The summed E-state index contributed by atoms with van der Waals surface area (Å²) in [6.45, 7) is 5.17. The van der Waals surface area contributed by atoms with Crippen molar-refractivity contribution in [3.8, 4) is 11.5 Å². The smallest absolute Gasteiger partial charge is 0.339 e. The lowest BCUT2D eigenvalue weighted by atomic mass is 10.1. The number of carbonyl (C=O) groups is 1. The Bertz CT molecular complexity index is 999. The van der Waals surface area contributed by atoms with Gasteiger partial charge in [0.2, 0.25) is 0 Å². The van der Waals surface area contributed by atoms with Gasteiger partial charge in [0.25, 0.3) is 0 Å². The third-order valence-electron chi connectivity index (χ3n) is 4.52. The lowest BCUT2D eigenvalue weighted by molar-refractivity contribution is 0.245. The maximum atomic E-state index is 11.9. The first-order valence-corrected chi connectivity index (χ1v) is 10.2. The number of hydrogen-bond donors (Lipinski definition) is 2. The van der Waals surface area contributed by atoms with Crippen LogP contribution in [0.2, 0.25) is 0 Å². The van der Waals surface area contributed by atoms with Gasteiger partial charge in [0, 0.05) is 17.7 Å². The zero-order valence-corrected chi connectivity index (χ0v) is 17.8. The molecule has 160 valence electrons. The summed E-state index contributed by atoms with van der Waals surface area (Å²) >= 11 is 0. The molecule has 0 saturated carbocycles. The number of para-hydroxylation sites is 3. The van der Waals surface area contributed by atoms with Gasteiger partial charge in [0.15, 0.2) is 0 Å². The molecular weight excluding hydrogens is 390 g/mol. The summed E-state index contributed by atoms with van der Waals surface area (Å²) in [6.07, 6.45) is 2.31. The maximum absolute atomic E-state index is 11.9. The van der Waals surface area contributed by atoms with Gasteiger partial charge in [0.05, 0.1) is 19.4 Å². The molecule has 0 spiro atoms. The highest BCUT2D eigenvalue weighted by Gasteiger charge is 2.04. The van der Waals surface area contributed by atoms with Gasteiger partial charge in [-0.25, -0.2) is 10.2 Å². The van der Waals surface area contributed by atoms with Gasteiger partial charge >= 0.3 is 6.03 Å². The first-order valence-electron chi connectivity index (χ1n) is 10.2. The molecule has 3 aromatic rings. The number of carbonyl (C=O) groups excluding carboxylic acids is 1. The Balaban J connectivity index is 1.45. The van der Waals surface area contributed by atoms with Gasteiger partial charge in [-0.05, 0) is 49.2 Å². The number of nitrogens with zero attached hydrogens (tertiary/aromatic N) is 1. The van der Waals surface area contributed by atoms with Crippen LogP contribution < -0.4 is 20.2 Å². The Labute approximate surface area is 182 Å². The van der Waals surface area contributed by atoms with Crippen molar-refractivity contribution in [1.82, 2.24) is 5.43 Å². The second-order valence-electron chi connectivity index (χ2n) is 7.00. The van der Waals surface area contributed by atoms with Crippen LogP contribution in [-0.2, 0) is 0 Å². The second-order valence-corrected chi connectivity index (χ2v) is 7.00. The van der Waals surface area contributed by atoms with Crippen molar-refractivity contribution < 1.29 is 14.3 Å². The molecule has 0 aromatic heterocycles. The van der Waals surface area contributed by atoms with E-state index in [-0.39, 0.29) is 0 Å². The molecule has 0 aliphatic heterocycles. The molecule has 0 atom stereocenters. The monoisotopic (exact) mass is 417 g/mol. The Morgan fingerprint density at radius 1 is 0.871 bits per heavy atom. The number of nitrogens with one attached hydrogen (secondary N) is 2.